The molecule has 2 nitrogen and oxygen atoms in total. The third kappa shape index (κ3) is 1.20. The van der Waals surface area contributed by atoms with E-state index in [1.165, 1.54) is 31.8 Å². The number of rotatable bonds is 0. The summed E-state index contributed by atoms with van der Waals surface area (Å²) in [4.78, 5) is 9.21. The second-order valence-corrected chi connectivity index (χ2v) is 6.03. The van der Waals surface area contributed by atoms with E-state index in [-0.39, 0.29) is 0 Å². The first-order valence-corrected chi connectivity index (χ1v) is 7.40. The quantitative estimate of drug-likeness (QED) is 0.419. The molecule has 2 aromatic carbocycles. The van der Waals surface area contributed by atoms with Crippen molar-refractivity contribution in [3.8, 4) is 0 Å². The summed E-state index contributed by atoms with van der Waals surface area (Å²) in [6.07, 6.45) is 1.95. The van der Waals surface area contributed by atoms with Gasteiger partial charge in [-0.1, -0.05) is 36.4 Å². The van der Waals surface area contributed by atoms with E-state index in [4.69, 9.17) is 0 Å². The highest BCUT2D eigenvalue weighted by Gasteiger charge is 2.13. The van der Waals surface area contributed by atoms with Crippen molar-refractivity contribution in [2.24, 2.45) is 0 Å². The second-order valence-electron chi connectivity index (χ2n) is 5.00. The molecule has 94 valence electrons. The van der Waals surface area contributed by atoms with Crippen molar-refractivity contribution in [3.05, 3.63) is 54.7 Å². The molecule has 0 atom stereocenters. The second kappa shape index (κ2) is 3.58. The molecule has 0 saturated heterocycles. The van der Waals surface area contributed by atoms with Crippen LogP contribution in [0.5, 0.6) is 0 Å². The Morgan fingerprint density at radius 1 is 0.800 bits per heavy atom. The van der Waals surface area contributed by atoms with Gasteiger partial charge in [0, 0.05) is 31.8 Å². The number of aromatic nitrogens is 2. The minimum atomic E-state index is 1.11. The summed E-state index contributed by atoms with van der Waals surface area (Å²) in [7, 11) is 0. The van der Waals surface area contributed by atoms with Gasteiger partial charge in [-0.25, -0.2) is 4.98 Å². The third-order valence-electron chi connectivity index (χ3n) is 3.87. The largest absolute Gasteiger partial charge is 0.353 e. The summed E-state index contributed by atoms with van der Waals surface area (Å²) in [5, 5.41) is 5.15. The molecule has 0 bridgehead atoms. The van der Waals surface area contributed by atoms with Gasteiger partial charge >= 0.3 is 0 Å². The van der Waals surface area contributed by atoms with Crippen molar-refractivity contribution in [2.45, 2.75) is 0 Å². The van der Waals surface area contributed by atoms with Gasteiger partial charge in [-0.15, -0.1) is 11.3 Å². The molecule has 0 unspecified atom stereocenters. The van der Waals surface area contributed by atoms with Gasteiger partial charge in [0.25, 0.3) is 0 Å². The molecule has 0 amide bonds. The lowest BCUT2D eigenvalue weighted by Crippen LogP contribution is -1.74. The predicted molar refractivity (Wildman–Crippen MR) is 86.5 cm³/mol. The zero-order valence-corrected chi connectivity index (χ0v) is 11.4. The highest BCUT2D eigenvalue weighted by molar-refractivity contribution is 7.25. The number of nitrogens with one attached hydrogen (secondary N) is 1. The smallest absolute Gasteiger partial charge is 0.125 e. The number of hydrogen-bond acceptors (Lipinski definition) is 2. The van der Waals surface area contributed by atoms with E-state index in [0.717, 1.165) is 10.3 Å². The molecule has 5 rings (SSSR count). The third-order valence-corrected chi connectivity index (χ3v) is 4.95. The van der Waals surface area contributed by atoms with E-state index in [9.17, 15) is 0 Å². The minimum Gasteiger partial charge on any atom is -0.353 e. The van der Waals surface area contributed by atoms with Crippen LogP contribution in [0.3, 0.4) is 0 Å². The fourth-order valence-electron chi connectivity index (χ4n) is 3.02. The van der Waals surface area contributed by atoms with Crippen molar-refractivity contribution < 1.29 is 0 Å². The number of para-hydroxylation sites is 1. The van der Waals surface area contributed by atoms with Crippen molar-refractivity contribution >= 4 is 53.4 Å². The van der Waals surface area contributed by atoms with Crippen LogP contribution in [0.25, 0.3) is 42.1 Å². The maximum absolute atomic E-state index is 4.63. The Morgan fingerprint density at radius 3 is 2.55 bits per heavy atom. The number of hydrogen-bond donors (Lipinski definition) is 1. The van der Waals surface area contributed by atoms with Gasteiger partial charge in [-0.2, -0.15) is 0 Å². The van der Waals surface area contributed by atoms with Gasteiger partial charge in [-0.05, 0) is 12.1 Å². The van der Waals surface area contributed by atoms with Crippen LogP contribution < -0.4 is 0 Å². The molecule has 0 aliphatic carbocycles. The molecule has 3 heterocycles. The number of pyridine rings is 1. The molecule has 5 aromatic rings. The molecule has 3 heteroatoms. The fraction of sp³-hybridized carbons (Fsp3) is 0. The van der Waals surface area contributed by atoms with Crippen molar-refractivity contribution in [1.82, 2.24) is 9.97 Å². The summed E-state index contributed by atoms with van der Waals surface area (Å²) in [5.74, 6) is 0. The van der Waals surface area contributed by atoms with Crippen LogP contribution in [0, 0.1) is 0 Å². The topological polar surface area (TPSA) is 28.7 Å². The summed E-state index contributed by atoms with van der Waals surface area (Å²) in [6.45, 7) is 0. The molecule has 0 aliphatic heterocycles. The SMILES string of the molecule is c1ccc2c(c1)[nH]c1cnc3sc4ccccc4c3c12. The lowest BCUT2D eigenvalue weighted by Gasteiger charge is -1.95. The monoisotopic (exact) mass is 274 g/mol. The van der Waals surface area contributed by atoms with E-state index in [1.54, 1.807) is 11.3 Å². The Kier molecular flexibility index (Phi) is 1.86. The number of fused-ring (bicyclic) bond motifs is 7. The lowest BCUT2D eigenvalue weighted by molar-refractivity contribution is 1.44. The van der Waals surface area contributed by atoms with Crippen LogP contribution >= 0.6 is 11.3 Å². The van der Waals surface area contributed by atoms with Crippen LogP contribution in [0.4, 0.5) is 0 Å². The Balaban J connectivity index is 2.19. The Hall–Kier alpha value is -2.39. The normalized spacial score (nSPS) is 12.0. The predicted octanol–water partition coefficient (Wildman–Crippen LogP) is 5.08. The number of aromatic amines is 1. The van der Waals surface area contributed by atoms with Crippen LogP contribution in [0.1, 0.15) is 0 Å². The van der Waals surface area contributed by atoms with Crippen LogP contribution in [0.15, 0.2) is 54.7 Å². The van der Waals surface area contributed by atoms with E-state index < -0.39 is 0 Å². The maximum Gasteiger partial charge on any atom is 0.125 e. The zero-order valence-electron chi connectivity index (χ0n) is 10.6. The Labute approximate surface area is 118 Å². The van der Waals surface area contributed by atoms with Crippen molar-refractivity contribution in [2.75, 3.05) is 0 Å². The molecule has 20 heavy (non-hydrogen) atoms. The van der Waals surface area contributed by atoms with Crippen LogP contribution in [0.2, 0.25) is 0 Å². The van der Waals surface area contributed by atoms with E-state index >= 15 is 0 Å². The lowest BCUT2D eigenvalue weighted by atomic mass is 10.1. The van der Waals surface area contributed by atoms with Crippen molar-refractivity contribution in [1.29, 1.82) is 0 Å². The van der Waals surface area contributed by atoms with Gasteiger partial charge in [0.1, 0.15) is 4.83 Å². The standard InChI is InChI=1S/C17H10N2S/c1-3-7-12-10(5-1)15-13(19-12)9-18-17-16(15)11-6-2-4-8-14(11)20-17/h1-9,19H. The first-order valence-electron chi connectivity index (χ1n) is 6.58. The Bertz CT molecular complexity index is 1010. The molecular formula is C17H10N2S. The average molecular weight is 274 g/mol. The number of thiophene rings is 1. The first kappa shape index (κ1) is 10.4. The van der Waals surface area contributed by atoms with Crippen molar-refractivity contribution in [3.63, 3.8) is 0 Å². The van der Waals surface area contributed by atoms with Crippen LogP contribution in [-0.2, 0) is 0 Å². The van der Waals surface area contributed by atoms with E-state index in [1.807, 2.05) is 6.20 Å². The molecule has 0 saturated carbocycles. The van der Waals surface area contributed by atoms with Gasteiger partial charge in [0.15, 0.2) is 0 Å². The van der Waals surface area contributed by atoms with E-state index in [0.29, 0.717) is 0 Å². The molecular weight excluding hydrogens is 264 g/mol. The highest BCUT2D eigenvalue weighted by atomic mass is 32.1. The molecule has 0 fully saturated rings. The summed E-state index contributed by atoms with van der Waals surface area (Å²) < 4.78 is 1.30. The fourth-order valence-corrected chi connectivity index (χ4v) is 4.07. The maximum atomic E-state index is 4.63. The summed E-state index contributed by atoms with van der Waals surface area (Å²) in [5.41, 5.74) is 2.29. The summed E-state index contributed by atoms with van der Waals surface area (Å²) in [6, 6.07) is 17.0. The van der Waals surface area contributed by atoms with Crippen LogP contribution in [-0.4, -0.2) is 9.97 Å². The Morgan fingerprint density at radius 2 is 1.60 bits per heavy atom. The molecule has 0 radical (unpaired) electrons. The zero-order chi connectivity index (χ0) is 13.1. The van der Waals surface area contributed by atoms with Gasteiger partial charge < -0.3 is 4.98 Å². The molecule has 3 aromatic heterocycles. The minimum absolute atomic E-state index is 1.11. The van der Waals surface area contributed by atoms with Gasteiger partial charge in [0.05, 0.1) is 11.7 Å². The average Bonchev–Trinajstić information content (AvgIpc) is 3.04. The molecule has 0 spiro atoms. The van der Waals surface area contributed by atoms with Gasteiger partial charge in [-0.3, -0.25) is 0 Å². The first-order chi connectivity index (χ1) is 9.92. The summed E-state index contributed by atoms with van der Waals surface area (Å²) >= 11 is 1.76. The van der Waals surface area contributed by atoms with E-state index in [2.05, 4.69) is 58.5 Å². The number of H-pyrrole nitrogens is 1. The molecule has 0 aliphatic rings. The number of benzene rings is 2. The number of nitrogens with zero attached hydrogens (tertiary/aromatic N) is 1. The van der Waals surface area contributed by atoms with Gasteiger partial charge in [0.2, 0.25) is 0 Å². The molecule has 1 N–H and O–H groups in total. The highest BCUT2D eigenvalue weighted by Crippen LogP contribution is 2.39.